The lowest BCUT2D eigenvalue weighted by molar-refractivity contribution is -0.148. The Kier molecular flexibility index (Phi) is 6.78. The number of carbonyl (C=O) groups is 2. The maximum atomic E-state index is 13.0. The number of hydrogen-bond donors (Lipinski definition) is 2. The minimum Gasteiger partial charge on any atom is -0.497 e. The molecule has 2 amide bonds. The average molecular weight is 499 g/mol. The average Bonchev–Trinajstić information content (AvgIpc) is 3.72. The van der Waals surface area contributed by atoms with Gasteiger partial charge in [-0.3, -0.25) is 9.59 Å². The van der Waals surface area contributed by atoms with Crippen LogP contribution in [0.1, 0.15) is 48.4 Å². The highest BCUT2D eigenvalue weighted by Crippen LogP contribution is 2.47. The molecular weight excluding hydrogens is 464 g/mol. The van der Waals surface area contributed by atoms with E-state index in [0.717, 1.165) is 34.4 Å². The molecule has 2 atom stereocenters. The van der Waals surface area contributed by atoms with Crippen LogP contribution in [0.4, 0.5) is 0 Å². The van der Waals surface area contributed by atoms with Crippen molar-refractivity contribution in [1.29, 1.82) is 0 Å². The van der Waals surface area contributed by atoms with Crippen LogP contribution in [-0.4, -0.2) is 41.1 Å². The maximum Gasteiger partial charge on any atom is 0.254 e. The molecule has 3 aromatic carbocycles. The molecule has 37 heavy (non-hydrogen) atoms. The van der Waals surface area contributed by atoms with Gasteiger partial charge in [-0.15, -0.1) is 0 Å². The first-order valence-electron chi connectivity index (χ1n) is 12.9. The highest BCUT2D eigenvalue weighted by atomic mass is 16.5. The largest absolute Gasteiger partial charge is 0.497 e. The van der Waals surface area contributed by atoms with Crippen molar-refractivity contribution in [3.8, 4) is 16.9 Å². The molecular formula is C31H34N2O4. The molecule has 2 aliphatic rings. The molecule has 0 radical (unpaired) electrons. The monoisotopic (exact) mass is 498 g/mol. The Labute approximate surface area is 218 Å². The zero-order valence-electron chi connectivity index (χ0n) is 21.7. The minimum absolute atomic E-state index is 0.00236. The first-order chi connectivity index (χ1) is 17.8. The zero-order chi connectivity index (χ0) is 26.2. The molecule has 2 N–H and O–H groups in total. The Morgan fingerprint density at radius 3 is 2.57 bits per heavy atom. The van der Waals surface area contributed by atoms with Gasteiger partial charge in [0.1, 0.15) is 11.4 Å². The van der Waals surface area contributed by atoms with E-state index in [2.05, 4.69) is 29.6 Å². The topological polar surface area (TPSA) is 78.9 Å². The summed E-state index contributed by atoms with van der Waals surface area (Å²) in [7, 11) is 1.66. The van der Waals surface area contributed by atoms with E-state index in [0.29, 0.717) is 26.1 Å². The number of rotatable bonds is 7. The van der Waals surface area contributed by atoms with Crippen molar-refractivity contribution in [2.75, 3.05) is 13.7 Å². The van der Waals surface area contributed by atoms with Crippen molar-refractivity contribution in [2.45, 2.75) is 51.3 Å². The summed E-state index contributed by atoms with van der Waals surface area (Å²) < 4.78 is 5.44. The van der Waals surface area contributed by atoms with Crippen molar-refractivity contribution < 1.29 is 19.4 Å². The van der Waals surface area contributed by atoms with Gasteiger partial charge < -0.3 is 20.1 Å². The van der Waals surface area contributed by atoms with Crippen molar-refractivity contribution in [3.05, 3.63) is 89.0 Å². The SMILES string of the molecule is COc1cccc(-c2ccc(CNC(=O)C3CC3c3ccccc3)c3c2CCN(C(=O)C(C)(C)O)C3)c1. The van der Waals surface area contributed by atoms with Crippen LogP contribution < -0.4 is 10.1 Å². The highest BCUT2D eigenvalue weighted by Gasteiger charge is 2.43. The van der Waals surface area contributed by atoms with Gasteiger partial charge in [-0.05, 0) is 78.1 Å². The minimum atomic E-state index is -1.44. The molecule has 192 valence electrons. The summed E-state index contributed by atoms with van der Waals surface area (Å²) >= 11 is 0. The Bertz CT molecular complexity index is 1310. The summed E-state index contributed by atoms with van der Waals surface area (Å²) in [5.74, 6) is 0.853. The molecule has 6 nitrogen and oxygen atoms in total. The second kappa shape index (κ2) is 10.0. The molecule has 3 aromatic rings. The Morgan fingerprint density at radius 2 is 1.84 bits per heavy atom. The summed E-state index contributed by atoms with van der Waals surface area (Å²) in [5.41, 5.74) is 5.15. The van der Waals surface area contributed by atoms with Crippen LogP contribution in [0, 0.1) is 5.92 Å². The van der Waals surface area contributed by atoms with Gasteiger partial charge in [0.25, 0.3) is 5.91 Å². The number of nitrogens with zero attached hydrogens (tertiary/aromatic N) is 1. The van der Waals surface area contributed by atoms with E-state index in [1.807, 2.05) is 42.5 Å². The molecule has 1 aliphatic heterocycles. The second-order valence-corrected chi connectivity index (χ2v) is 10.6. The van der Waals surface area contributed by atoms with Crippen LogP contribution >= 0.6 is 0 Å². The first kappa shape index (κ1) is 25.0. The number of fused-ring (bicyclic) bond motifs is 1. The summed E-state index contributed by atoms with van der Waals surface area (Å²) in [5, 5.41) is 13.5. The number of methoxy groups -OCH3 is 1. The molecule has 1 fully saturated rings. The lowest BCUT2D eigenvalue weighted by Crippen LogP contribution is -2.47. The Hall–Kier alpha value is -3.64. The quantitative estimate of drug-likeness (QED) is 0.505. The van der Waals surface area contributed by atoms with E-state index >= 15 is 0 Å². The molecule has 1 saturated carbocycles. The maximum absolute atomic E-state index is 13.0. The summed E-state index contributed by atoms with van der Waals surface area (Å²) in [6.07, 6.45) is 1.54. The van der Waals surface area contributed by atoms with Crippen molar-refractivity contribution in [3.63, 3.8) is 0 Å². The third-order valence-electron chi connectivity index (χ3n) is 7.51. The zero-order valence-corrected chi connectivity index (χ0v) is 21.7. The van der Waals surface area contributed by atoms with Crippen molar-refractivity contribution >= 4 is 11.8 Å². The van der Waals surface area contributed by atoms with Gasteiger partial charge in [0.05, 0.1) is 7.11 Å². The predicted molar refractivity (Wildman–Crippen MR) is 143 cm³/mol. The molecule has 1 aliphatic carbocycles. The van der Waals surface area contributed by atoms with Crippen LogP contribution in [0.25, 0.3) is 11.1 Å². The number of nitrogens with one attached hydrogen (secondary N) is 1. The smallest absolute Gasteiger partial charge is 0.254 e. The lowest BCUT2D eigenvalue weighted by atomic mass is 9.87. The fourth-order valence-corrected chi connectivity index (χ4v) is 5.39. The van der Waals surface area contributed by atoms with E-state index in [1.165, 1.54) is 25.0 Å². The van der Waals surface area contributed by atoms with Gasteiger partial charge in [0.2, 0.25) is 5.91 Å². The lowest BCUT2D eigenvalue weighted by Gasteiger charge is -2.35. The molecule has 6 heteroatoms. The summed E-state index contributed by atoms with van der Waals surface area (Å²) in [6.45, 7) is 4.39. The van der Waals surface area contributed by atoms with Crippen LogP contribution in [0.2, 0.25) is 0 Å². The summed E-state index contributed by atoms with van der Waals surface area (Å²) in [6, 6.07) is 22.3. The van der Waals surface area contributed by atoms with Gasteiger partial charge in [-0.25, -0.2) is 0 Å². The molecule has 0 bridgehead atoms. The van der Waals surface area contributed by atoms with Crippen LogP contribution in [-0.2, 0) is 29.1 Å². The second-order valence-electron chi connectivity index (χ2n) is 10.6. The molecule has 0 spiro atoms. The van der Waals surface area contributed by atoms with E-state index < -0.39 is 5.60 Å². The fourth-order valence-electron chi connectivity index (χ4n) is 5.39. The van der Waals surface area contributed by atoms with Crippen LogP contribution in [0.3, 0.4) is 0 Å². The fraction of sp³-hybridized carbons (Fsp3) is 0.355. The molecule has 2 unspecified atom stereocenters. The Balaban J connectivity index is 1.40. The van der Waals surface area contributed by atoms with Crippen LogP contribution in [0.15, 0.2) is 66.7 Å². The van der Waals surface area contributed by atoms with Gasteiger partial charge in [0.15, 0.2) is 0 Å². The van der Waals surface area contributed by atoms with Gasteiger partial charge in [-0.2, -0.15) is 0 Å². The number of hydrogen-bond acceptors (Lipinski definition) is 4. The number of aliphatic hydroxyl groups is 1. The number of benzene rings is 3. The predicted octanol–water partition coefficient (Wildman–Crippen LogP) is 4.44. The van der Waals surface area contributed by atoms with Crippen molar-refractivity contribution in [1.82, 2.24) is 10.2 Å². The number of carbonyl (C=O) groups excluding carboxylic acids is 2. The number of ether oxygens (including phenoxy) is 1. The first-order valence-corrected chi connectivity index (χ1v) is 12.9. The standard InChI is InChI=1S/C31H34N2O4/c1-31(2,36)30(35)33-15-14-25-24(21-10-7-11-23(16-21)37-3)13-12-22(28(25)19-33)18-32-29(34)27-17-26(27)20-8-5-4-6-9-20/h4-13,16,26-27,36H,14-15,17-19H2,1-3H3,(H,32,34). The van der Waals surface area contributed by atoms with Gasteiger partial charge in [-0.1, -0.05) is 54.6 Å². The van der Waals surface area contributed by atoms with E-state index in [1.54, 1.807) is 12.0 Å². The normalized spacial score (nSPS) is 18.6. The third kappa shape index (κ3) is 5.25. The van der Waals surface area contributed by atoms with Gasteiger partial charge in [0, 0.05) is 25.6 Å². The van der Waals surface area contributed by atoms with E-state index in [-0.39, 0.29) is 23.7 Å². The van der Waals surface area contributed by atoms with Crippen LogP contribution in [0.5, 0.6) is 5.75 Å². The number of amides is 2. The molecule has 1 heterocycles. The Morgan fingerprint density at radius 1 is 1.05 bits per heavy atom. The third-order valence-corrected chi connectivity index (χ3v) is 7.51. The van der Waals surface area contributed by atoms with E-state index in [9.17, 15) is 14.7 Å². The van der Waals surface area contributed by atoms with Crippen molar-refractivity contribution in [2.24, 2.45) is 5.92 Å². The summed E-state index contributed by atoms with van der Waals surface area (Å²) in [4.78, 5) is 27.6. The van der Waals surface area contributed by atoms with E-state index in [4.69, 9.17) is 4.74 Å². The molecule has 5 rings (SSSR count). The molecule has 0 aromatic heterocycles. The molecule has 0 saturated heterocycles. The van der Waals surface area contributed by atoms with Gasteiger partial charge >= 0.3 is 0 Å². The highest BCUT2D eigenvalue weighted by molar-refractivity contribution is 5.85.